The molecular formula is C23H31N3O2. The second-order valence-corrected chi connectivity index (χ2v) is 8.57. The maximum atomic E-state index is 12.5. The van der Waals surface area contributed by atoms with Gasteiger partial charge in [0.05, 0.1) is 6.10 Å². The number of carbonyl (C=O) groups excluding carboxylic acids is 1. The number of aliphatic hydroxyl groups is 1. The average Bonchev–Trinajstić information content (AvgIpc) is 2.65. The number of nitrogens with zero attached hydrogens (tertiary/aromatic N) is 1. The van der Waals surface area contributed by atoms with E-state index in [0.717, 1.165) is 25.2 Å². The molecule has 1 aliphatic heterocycles. The molecule has 2 aromatic carbocycles. The Kier molecular flexibility index (Phi) is 6.37. The molecule has 1 amide bonds. The zero-order valence-electron chi connectivity index (χ0n) is 17.0. The number of benzene rings is 2. The van der Waals surface area contributed by atoms with Crippen molar-refractivity contribution in [3.05, 3.63) is 65.2 Å². The van der Waals surface area contributed by atoms with E-state index in [9.17, 15) is 9.90 Å². The number of hydrogen-bond acceptors (Lipinski definition) is 4. The quantitative estimate of drug-likeness (QED) is 0.720. The van der Waals surface area contributed by atoms with Crippen molar-refractivity contribution in [3.63, 3.8) is 0 Å². The molecule has 0 radical (unpaired) electrons. The van der Waals surface area contributed by atoms with Crippen LogP contribution in [0, 0.1) is 0 Å². The highest BCUT2D eigenvalue weighted by Crippen LogP contribution is 2.19. The van der Waals surface area contributed by atoms with Crippen molar-refractivity contribution < 1.29 is 9.90 Å². The first-order valence-corrected chi connectivity index (χ1v) is 9.94. The summed E-state index contributed by atoms with van der Waals surface area (Å²) in [6, 6.07) is 15.9. The van der Waals surface area contributed by atoms with Crippen LogP contribution in [-0.4, -0.2) is 47.2 Å². The maximum absolute atomic E-state index is 12.5. The van der Waals surface area contributed by atoms with Gasteiger partial charge >= 0.3 is 0 Å². The molecule has 1 atom stereocenters. The van der Waals surface area contributed by atoms with Crippen molar-refractivity contribution in [3.8, 4) is 0 Å². The third-order valence-electron chi connectivity index (χ3n) is 4.82. The van der Waals surface area contributed by atoms with Crippen LogP contribution in [0.15, 0.2) is 48.5 Å². The lowest BCUT2D eigenvalue weighted by Gasteiger charge is -2.30. The molecule has 150 valence electrons. The topological polar surface area (TPSA) is 64.6 Å². The van der Waals surface area contributed by atoms with E-state index < -0.39 is 6.10 Å². The predicted molar refractivity (Wildman–Crippen MR) is 114 cm³/mol. The minimum atomic E-state index is -0.593. The van der Waals surface area contributed by atoms with E-state index in [-0.39, 0.29) is 18.0 Å². The number of anilines is 1. The third kappa shape index (κ3) is 5.81. The summed E-state index contributed by atoms with van der Waals surface area (Å²) in [5.74, 6) is -0.166. The van der Waals surface area contributed by atoms with Gasteiger partial charge < -0.3 is 15.7 Å². The summed E-state index contributed by atoms with van der Waals surface area (Å²) in [6.07, 6.45) is 0.410. The molecule has 28 heavy (non-hydrogen) atoms. The lowest BCUT2D eigenvalue weighted by Crippen LogP contribution is -2.42. The Morgan fingerprint density at radius 2 is 1.89 bits per heavy atom. The summed E-state index contributed by atoms with van der Waals surface area (Å²) >= 11 is 0. The molecule has 5 nitrogen and oxygen atoms in total. The number of rotatable bonds is 6. The van der Waals surface area contributed by atoms with Gasteiger partial charge in [0.15, 0.2) is 0 Å². The van der Waals surface area contributed by atoms with Gasteiger partial charge in [-0.1, -0.05) is 30.3 Å². The van der Waals surface area contributed by atoms with Gasteiger partial charge in [-0.25, -0.2) is 0 Å². The van der Waals surface area contributed by atoms with Crippen LogP contribution in [0.3, 0.4) is 0 Å². The van der Waals surface area contributed by atoms with Crippen molar-refractivity contribution in [2.45, 2.75) is 45.4 Å². The minimum Gasteiger partial charge on any atom is -0.390 e. The fourth-order valence-corrected chi connectivity index (χ4v) is 3.56. The molecule has 3 N–H and O–H groups in total. The van der Waals surface area contributed by atoms with Gasteiger partial charge in [-0.15, -0.1) is 0 Å². The molecule has 1 heterocycles. The number of β-amino-alcohol motifs (C(OH)–C–C–N with tert-alkyl or cyclic N) is 1. The van der Waals surface area contributed by atoms with Crippen LogP contribution < -0.4 is 10.6 Å². The SMILES string of the molecule is CC(C)(C)Nc1cccc(C(=O)NC[C@H](O)CN2CCc3ccccc3C2)c1. The van der Waals surface area contributed by atoms with E-state index >= 15 is 0 Å². The molecule has 0 saturated carbocycles. The monoisotopic (exact) mass is 381 g/mol. The third-order valence-corrected chi connectivity index (χ3v) is 4.82. The lowest BCUT2D eigenvalue weighted by molar-refractivity contribution is 0.0842. The fraction of sp³-hybridized carbons (Fsp3) is 0.435. The Morgan fingerprint density at radius 3 is 2.64 bits per heavy atom. The number of aliphatic hydroxyl groups excluding tert-OH is 1. The Labute approximate surface area is 167 Å². The number of amides is 1. The van der Waals surface area contributed by atoms with Gasteiger partial charge in [-0.05, 0) is 56.5 Å². The smallest absolute Gasteiger partial charge is 0.251 e. The van der Waals surface area contributed by atoms with Crippen molar-refractivity contribution in [2.24, 2.45) is 0 Å². The van der Waals surface area contributed by atoms with E-state index in [1.807, 2.05) is 18.2 Å². The Morgan fingerprint density at radius 1 is 1.14 bits per heavy atom. The second kappa shape index (κ2) is 8.76. The van der Waals surface area contributed by atoms with Gasteiger partial charge in [0.1, 0.15) is 0 Å². The van der Waals surface area contributed by atoms with Gasteiger partial charge in [0.25, 0.3) is 5.91 Å². The van der Waals surface area contributed by atoms with E-state index in [1.54, 1.807) is 6.07 Å². The van der Waals surface area contributed by atoms with Crippen LogP contribution in [-0.2, 0) is 13.0 Å². The highest BCUT2D eigenvalue weighted by Gasteiger charge is 2.19. The molecule has 1 aliphatic rings. The molecule has 2 aromatic rings. The van der Waals surface area contributed by atoms with Crippen LogP contribution in [0.25, 0.3) is 0 Å². The number of carbonyl (C=O) groups is 1. The first kappa shape index (κ1) is 20.4. The molecule has 3 rings (SSSR count). The number of fused-ring (bicyclic) bond motifs is 1. The summed E-state index contributed by atoms with van der Waals surface area (Å²) in [5, 5.41) is 16.6. The Balaban J connectivity index is 1.49. The predicted octanol–water partition coefficient (Wildman–Crippen LogP) is 3.05. The largest absolute Gasteiger partial charge is 0.390 e. The fourth-order valence-electron chi connectivity index (χ4n) is 3.56. The van der Waals surface area contributed by atoms with Crippen molar-refractivity contribution in [1.29, 1.82) is 0 Å². The first-order valence-electron chi connectivity index (χ1n) is 9.94. The van der Waals surface area contributed by atoms with Gasteiger partial charge in [0, 0.05) is 43.0 Å². The van der Waals surface area contributed by atoms with E-state index in [0.29, 0.717) is 12.1 Å². The van der Waals surface area contributed by atoms with E-state index in [1.165, 1.54) is 11.1 Å². The average molecular weight is 382 g/mol. The molecule has 0 unspecified atom stereocenters. The van der Waals surface area contributed by atoms with Crippen LogP contribution >= 0.6 is 0 Å². The molecule has 0 fully saturated rings. The normalized spacial score (nSPS) is 15.6. The summed E-state index contributed by atoms with van der Waals surface area (Å²) in [5.41, 5.74) is 4.15. The highest BCUT2D eigenvalue weighted by atomic mass is 16.3. The van der Waals surface area contributed by atoms with Crippen LogP contribution in [0.2, 0.25) is 0 Å². The number of nitrogens with one attached hydrogen (secondary N) is 2. The lowest BCUT2D eigenvalue weighted by atomic mass is 10.00. The molecule has 0 aliphatic carbocycles. The highest BCUT2D eigenvalue weighted by molar-refractivity contribution is 5.95. The standard InChI is InChI=1S/C23H31N3O2/c1-23(2,3)25-20-10-6-9-18(13-20)22(28)24-14-21(27)16-26-12-11-17-7-4-5-8-19(17)15-26/h4-10,13,21,25,27H,11-12,14-16H2,1-3H3,(H,24,28)/t21-/m0/s1. The van der Waals surface area contributed by atoms with E-state index in [4.69, 9.17) is 0 Å². The number of hydrogen-bond donors (Lipinski definition) is 3. The second-order valence-electron chi connectivity index (χ2n) is 8.57. The van der Waals surface area contributed by atoms with Crippen LogP contribution in [0.1, 0.15) is 42.3 Å². The molecule has 5 heteroatoms. The van der Waals surface area contributed by atoms with Gasteiger partial charge in [-0.2, -0.15) is 0 Å². The Hall–Kier alpha value is -2.37. The zero-order chi connectivity index (χ0) is 20.1. The molecule has 0 spiro atoms. The van der Waals surface area contributed by atoms with E-state index in [2.05, 4.69) is 60.6 Å². The van der Waals surface area contributed by atoms with Gasteiger partial charge in [-0.3, -0.25) is 9.69 Å². The summed E-state index contributed by atoms with van der Waals surface area (Å²) in [7, 11) is 0. The molecule has 0 aromatic heterocycles. The van der Waals surface area contributed by atoms with Crippen molar-refractivity contribution >= 4 is 11.6 Å². The van der Waals surface area contributed by atoms with Gasteiger partial charge in [0.2, 0.25) is 0 Å². The molecule has 0 bridgehead atoms. The summed E-state index contributed by atoms with van der Waals surface area (Å²) < 4.78 is 0. The summed E-state index contributed by atoms with van der Waals surface area (Å²) in [6.45, 7) is 8.82. The van der Waals surface area contributed by atoms with Crippen molar-refractivity contribution in [2.75, 3.05) is 25.0 Å². The molecule has 0 saturated heterocycles. The minimum absolute atomic E-state index is 0.0711. The zero-order valence-corrected chi connectivity index (χ0v) is 17.0. The van der Waals surface area contributed by atoms with Crippen LogP contribution in [0.5, 0.6) is 0 Å². The maximum Gasteiger partial charge on any atom is 0.251 e. The summed E-state index contributed by atoms with van der Waals surface area (Å²) in [4.78, 5) is 14.7. The molecular weight excluding hydrogens is 350 g/mol. The Bertz CT molecular complexity index is 813. The van der Waals surface area contributed by atoms with Crippen LogP contribution in [0.4, 0.5) is 5.69 Å². The first-order chi connectivity index (χ1) is 13.3. The van der Waals surface area contributed by atoms with Crippen molar-refractivity contribution in [1.82, 2.24) is 10.2 Å².